The molecule has 0 aliphatic rings. The molecule has 0 unspecified atom stereocenters. The topological polar surface area (TPSA) is 106 Å². The molecule has 0 aliphatic heterocycles. The average molecular weight is 443 g/mol. The number of halogens is 2. The molecule has 0 radical (unpaired) electrons. The van der Waals surface area contributed by atoms with E-state index in [0.29, 0.717) is 13.3 Å². The Morgan fingerprint density at radius 1 is 1.05 bits per heavy atom. The monoisotopic (exact) mass is 441 g/mol. The quantitative estimate of drug-likeness (QED) is 0.742. The standard InChI is InChI=1S/C5H5BrN2OS.C5H4BrNO2S/c1-2-8-3(5(7)9)4(6)10-2;1-2-7-3(5(8)9)4(6)10-2/h1H3,(H2,7,9);1H3,(H,8,9). The molecule has 2 aromatic rings. The maximum absolute atomic E-state index is 10.6. The molecule has 0 atom stereocenters. The van der Waals surface area contributed by atoms with Crippen molar-refractivity contribution in [2.75, 3.05) is 0 Å². The van der Waals surface area contributed by atoms with E-state index in [1.54, 1.807) is 6.92 Å². The molecule has 0 fully saturated rings. The van der Waals surface area contributed by atoms with Crippen molar-refractivity contribution in [2.45, 2.75) is 13.8 Å². The van der Waals surface area contributed by atoms with Gasteiger partial charge in [-0.25, -0.2) is 14.8 Å². The van der Waals surface area contributed by atoms with Crippen molar-refractivity contribution in [3.05, 3.63) is 29.0 Å². The summed E-state index contributed by atoms with van der Waals surface area (Å²) in [5.74, 6) is -1.48. The maximum Gasteiger partial charge on any atom is 0.356 e. The molecule has 0 aliphatic carbocycles. The molecule has 20 heavy (non-hydrogen) atoms. The summed E-state index contributed by atoms with van der Waals surface area (Å²) in [6.45, 7) is 3.59. The molecule has 108 valence electrons. The van der Waals surface area contributed by atoms with E-state index in [9.17, 15) is 9.59 Å². The molecule has 6 nitrogen and oxygen atoms in total. The number of carboxylic acid groups (broad SMARTS) is 1. The van der Waals surface area contributed by atoms with Gasteiger partial charge in [-0.2, -0.15) is 0 Å². The summed E-state index contributed by atoms with van der Waals surface area (Å²) in [5.41, 5.74) is 5.42. The van der Waals surface area contributed by atoms with Crippen LogP contribution in [0.25, 0.3) is 0 Å². The molecule has 0 aromatic carbocycles. The van der Waals surface area contributed by atoms with E-state index >= 15 is 0 Å². The number of hydrogen-bond acceptors (Lipinski definition) is 6. The predicted molar refractivity (Wildman–Crippen MR) is 84.6 cm³/mol. The molecular weight excluding hydrogens is 434 g/mol. The molecule has 10 heteroatoms. The maximum atomic E-state index is 10.6. The molecule has 0 saturated heterocycles. The molecule has 0 bridgehead atoms. The summed E-state index contributed by atoms with van der Waals surface area (Å²) in [5, 5.41) is 10.1. The number of hydrogen-bond donors (Lipinski definition) is 2. The number of nitrogens with two attached hydrogens (primary N) is 1. The number of carbonyl (C=O) groups excluding carboxylic acids is 1. The largest absolute Gasteiger partial charge is 0.476 e. The first-order chi connectivity index (χ1) is 9.22. The Bertz CT molecular complexity index is 598. The summed E-state index contributed by atoms with van der Waals surface area (Å²) in [7, 11) is 0. The third-order valence-electron chi connectivity index (χ3n) is 1.82. The number of aromatic nitrogens is 2. The van der Waals surface area contributed by atoms with E-state index in [2.05, 4.69) is 41.8 Å². The number of aromatic carboxylic acids is 1. The van der Waals surface area contributed by atoms with Gasteiger partial charge in [-0.15, -0.1) is 22.7 Å². The first-order valence-corrected chi connectivity index (χ1v) is 8.23. The second-order valence-electron chi connectivity index (χ2n) is 3.38. The minimum Gasteiger partial charge on any atom is -0.476 e. The smallest absolute Gasteiger partial charge is 0.356 e. The van der Waals surface area contributed by atoms with Crippen LogP contribution < -0.4 is 5.73 Å². The Hall–Kier alpha value is -0.840. The van der Waals surface area contributed by atoms with Gasteiger partial charge in [0.05, 0.1) is 10.0 Å². The van der Waals surface area contributed by atoms with Gasteiger partial charge in [0.2, 0.25) is 0 Å². The summed E-state index contributed by atoms with van der Waals surface area (Å²) < 4.78 is 1.29. The molecule has 0 spiro atoms. The lowest BCUT2D eigenvalue weighted by molar-refractivity contribution is 0.0690. The van der Waals surface area contributed by atoms with Crippen molar-refractivity contribution in [1.82, 2.24) is 9.97 Å². The normalized spacial score (nSPS) is 9.80. The molecule has 2 aromatic heterocycles. The number of thiazole rings is 2. The number of primary amides is 1. The van der Waals surface area contributed by atoms with Gasteiger partial charge in [-0.1, -0.05) is 0 Å². The van der Waals surface area contributed by atoms with E-state index in [1.807, 2.05) is 6.92 Å². The summed E-state index contributed by atoms with van der Waals surface area (Å²) >= 11 is 8.99. The van der Waals surface area contributed by atoms with Crippen molar-refractivity contribution in [1.29, 1.82) is 0 Å². The van der Waals surface area contributed by atoms with E-state index < -0.39 is 11.9 Å². The van der Waals surface area contributed by atoms with Crippen molar-refractivity contribution in [3.63, 3.8) is 0 Å². The Morgan fingerprint density at radius 3 is 1.60 bits per heavy atom. The highest BCUT2D eigenvalue weighted by molar-refractivity contribution is 9.11. The number of rotatable bonds is 2. The van der Waals surface area contributed by atoms with E-state index in [1.165, 1.54) is 22.7 Å². The summed E-state index contributed by atoms with van der Waals surface area (Å²) in [4.78, 5) is 28.6. The Balaban J connectivity index is 0.000000200. The third-order valence-corrected chi connectivity index (χ3v) is 5.06. The highest BCUT2D eigenvalue weighted by Crippen LogP contribution is 2.24. The van der Waals surface area contributed by atoms with Crippen LogP contribution in [0, 0.1) is 13.8 Å². The minimum atomic E-state index is -0.990. The van der Waals surface area contributed by atoms with Gasteiger partial charge >= 0.3 is 5.97 Å². The number of nitrogens with zero attached hydrogens (tertiary/aromatic N) is 2. The second-order valence-corrected chi connectivity index (χ2v) is 8.42. The number of carbonyl (C=O) groups is 2. The lowest BCUT2D eigenvalue weighted by Gasteiger charge is -1.84. The highest BCUT2D eigenvalue weighted by Gasteiger charge is 2.12. The van der Waals surface area contributed by atoms with Gasteiger partial charge in [0.15, 0.2) is 11.4 Å². The number of aryl methyl sites for hydroxylation is 2. The first-order valence-electron chi connectivity index (χ1n) is 5.01. The van der Waals surface area contributed by atoms with Crippen LogP contribution >= 0.6 is 54.5 Å². The van der Waals surface area contributed by atoms with Gasteiger partial charge in [-0.3, -0.25) is 4.79 Å². The zero-order chi connectivity index (χ0) is 15.4. The fourth-order valence-corrected chi connectivity index (χ4v) is 4.30. The predicted octanol–water partition coefficient (Wildman–Crippen LogP) is 3.23. The van der Waals surface area contributed by atoms with Crippen LogP contribution in [-0.2, 0) is 0 Å². The lowest BCUT2D eigenvalue weighted by atomic mass is 10.5. The van der Waals surface area contributed by atoms with Gasteiger partial charge < -0.3 is 10.8 Å². The molecular formula is C10H9Br2N3O3S2. The zero-order valence-corrected chi connectivity index (χ0v) is 15.1. The van der Waals surface area contributed by atoms with Crippen LogP contribution in [0.15, 0.2) is 7.57 Å². The highest BCUT2D eigenvalue weighted by atomic mass is 79.9. The van der Waals surface area contributed by atoms with Gasteiger partial charge in [0, 0.05) is 0 Å². The van der Waals surface area contributed by atoms with Gasteiger partial charge in [0.1, 0.15) is 7.57 Å². The van der Waals surface area contributed by atoms with Crippen LogP contribution in [0.3, 0.4) is 0 Å². The van der Waals surface area contributed by atoms with Crippen LogP contribution in [0.2, 0.25) is 0 Å². The second kappa shape index (κ2) is 7.25. The Morgan fingerprint density at radius 2 is 1.45 bits per heavy atom. The third kappa shape index (κ3) is 4.62. The molecule has 1 amide bonds. The van der Waals surface area contributed by atoms with Crippen molar-refractivity contribution < 1.29 is 14.7 Å². The molecule has 2 heterocycles. The Kier molecular flexibility index (Phi) is 6.24. The molecule has 3 N–H and O–H groups in total. The molecule has 0 saturated carbocycles. The van der Waals surface area contributed by atoms with Crippen molar-refractivity contribution in [2.24, 2.45) is 5.73 Å². The summed E-state index contributed by atoms with van der Waals surface area (Å²) in [6.07, 6.45) is 0. The van der Waals surface area contributed by atoms with Crippen LogP contribution in [0.1, 0.15) is 31.0 Å². The Labute approximate surface area is 139 Å². The fourth-order valence-electron chi connectivity index (χ4n) is 1.09. The zero-order valence-electron chi connectivity index (χ0n) is 10.3. The number of amides is 1. The number of carboxylic acids is 1. The molecule has 2 rings (SSSR count). The van der Waals surface area contributed by atoms with Gasteiger partial charge in [0.25, 0.3) is 5.91 Å². The van der Waals surface area contributed by atoms with Crippen molar-refractivity contribution in [3.8, 4) is 0 Å². The van der Waals surface area contributed by atoms with Crippen LogP contribution in [-0.4, -0.2) is 27.0 Å². The average Bonchev–Trinajstić information content (AvgIpc) is 2.82. The van der Waals surface area contributed by atoms with Gasteiger partial charge in [-0.05, 0) is 45.7 Å². The minimum absolute atomic E-state index is 0.0995. The van der Waals surface area contributed by atoms with Crippen LogP contribution in [0.5, 0.6) is 0 Å². The van der Waals surface area contributed by atoms with E-state index in [0.717, 1.165) is 10.0 Å². The summed E-state index contributed by atoms with van der Waals surface area (Å²) in [6, 6.07) is 0. The van der Waals surface area contributed by atoms with E-state index in [4.69, 9.17) is 10.8 Å². The first kappa shape index (κ1) is 17.2. The van der Waals surface area contributed by atoms with Crippen molar-refractivity contribution >= 4 is 66.4 Å². The SMILES string of the molecule is Cc1nc(C(=O)O)c(Br)s1.Cc1nc(C(N)=O)c(Br)s1. The van der Waals surface area contributed by atoms with Crippen LogP contribution in [0.4, 0.5) is 0 Å². The lowest BCUT2D eigenvalue weighted by Crippen LogP contribution is -2.11. The van der Waals surface area contributed by atoms with E-state index in [-0.39, 0.29) is 5.69 Å². The fraction of sp³-hybridized carbons (Fsp3) is 0.200.